The van der Waals surface area contributed by atoms with Gasteiger partial charge >= 0.3 is 0 Å². The van der Waals surface area contributed by atoms with Crippen molar-refractivity contribution in [2.24, 2.45) is 0 Å². The summed E-state index contributed by atoms with van der Waals surface area (Å²) in [6.45, 7) is 9.28. The number of benzene rings is 8. The Kier molecular flexibility index (Phi) is 7.64. The van der Waals surface area contributed by atoms with E-state index < -0.39 is 0 Å². The number of rotatable bonds is 6. The lowest BCUT2D eigenvalue weighted by atomic mass is 9.81. The van der Waals surface area contributed by atoms with Gasteiger partial charge in [0.2, 0.25) is 0 Å². The fourth-order valence-electron chi connectivity index (χ4n) is 9.13. The van der Waals surface area contributed by atoms with Crippen LogP contribution in [0.3, 0.4) is 0 Å². The molecule has 0 amide bonds. The van der Waals surface area contributed by atoms with Crippen LogP contribution >= 0.6 is 0 Å². The Morgan fingerprint density at radius 1 is 0.491 bits per heavy atom. The molecule has 1 aliphatic rings. The van der Waals surface area contributed by atoms with E-state index in [-0.39, 0.29) is 5.41 Å². The maximum Gasteiger partial charge on any atom is 0.0618 e. The van der Waals surface area contributed by atoms with Crippen molar-refractivity contribution >= 4 is 61.7 Å². The third-order valence-corrected chi connectivity index (χ3v) is 12.0. The van der Waals surface area contributed by atoms with Crippen LogP contribution in [0, 0.1) is 13.8 Å². The zero-order chi connectivity index (χ0) is 37.3. The number of fused-ring (bicyclic) bond motifs is 6. The predicted octanol–water partition coefficient (Wildman–Crippen LogP) is 14.5. The van der Waals surface area contributed by atoms with Gasteiger partial charge in [0.05, 0.1) is 11.2 Å². The second kappa shape index (κ2) is 12.7. The van der Waals surface area contributed by atoms with Crippen LogP contribution in [-0.4, -0.2) is 4.57 Å². The van der Waals surface area contributed by atoms with Crippen molar-refractivity contribution in [3.05, 3.63) is 203 Å². The van der Waals surface area contributed by atoms with Crippen LogP contribution in [0.4, 0.5) is 17.1 Å². The van der Waals surface area contributed by atoms with Gasteiger partial charge in [0.15, 0.2) is 0 Å². The third kappa shape index (κ3) is 5.16. The number of hydrogen-bond acceptors (Lipinski definition) is 1. The predicted molar refractivity (Wildman–Crippen MR) is 235 cm³/mol. The molecule has 10 rings (SSSR count). The van der Waals surface area contributed by atoms with Gasteiger partial charge in [-0.15, -0.1) is 0 Å². The first-order chi connectivity index (χ1) is 26.9. The van der Waals surface area contributed by atoms with Crippen LogP contribution in [-0.2, 0) is 5.41 Å². The van der Waals surface area contributed by atoms with Gasteiger partial charge in [-0.2, -0.15) is 0 Å². The topological polar surface area (TPSA) is 8.17 Å². The zero-order valence-corrected chi connectivity index (χ0v) is 31.7. The average Bonchev–Trinajstić information content (AvgIpc) is 3.61. The molecule has 1 heterocycles. The molecular weight excluding hydrogens is 665 g/mol. The lowest BCUT2D eigenvalue weighted by Gasteiger charge is -2.29. The van der Waals surface area contributed by atoms with Crippen molar-refractivity contribution in [3.8, 4) is 16.8 Å². The summed E-state index contributed by atoms with van der Waals surface area (Å²) in [7, 11) is 0. The standard InChI is InChI=1S/C53H42N2/c1-35-36(2)54(38-18-8-5-9-19-38)51-34-50-48(33-47(35)51)44-31-29-37(32-49(44)53(50,3)4)28-30-43-41-24-14-16-26-45(41)52(46-27-17-15-25-42(43)46)55(39-20-10-6-11-21-39)40-22-12-7-13-23-40/h5-34H,1-4H3/b30-28+. The van der Waals surface area contributed by atoms with E-state index in [2.05, 4.69) is 219 Å². The van der Waals surface area contributed by atoms with E-state index in [4.69, 9.17) is 0 Å². The molecule has 1 aromatic heterocycles. The highest BCUT2D eigenvalue weighted by Crippen LogP contribution is 2.51. The first-order valence-corrected chi connectivity index (χ1v) is 19.3. The fraction of sp³-hybridized carbons (Fsp3) is 0.0943. The summed E-state index contributed by atoms with van der Waals surface area (Å²) in [5.74, 6) is 0. The minimum absolute atomic E-state index is 0.143. The molecule has 0 spiro atoms. The Balaban J connectivity index is 1.11. The Morgan fingerprint density at radius 2 is 1.02 bits per heavy atom. The molecule has 9 aromatic rings. The van der Waals surface area contributed by atoms with Gasteiger partial charge in [0.1, 0.15) is 0 Å². The van der Waals surface area contributed by atoms with Crippen molar-refractivity contribution in [2.45, 2.75) is 33.1 Å². The number of hydrogen-bond donors (Lipinski definition) is 0. The lowest BCUT2D eigenvalue weighted by molar-refractivity contribution is 0.660. The van der Waals surface area contributed by atoms with Crippen LogP contribution in [0.25, 0.3) is 61.4 Å². The van der Waals surface area contributed by atoms with Crippen LogP contribution < -0.4 is 4.90 Å². The SMILES string of the molecule is Cc1c(C)n(-c2ccccc2)c2cc3c(cc12)-c1ccc(/C=C/c2c4ccccc4c(N(c4ccccc4)c4ccccc4)c4ccccc24)cc1C3(C)C. The summed E-state index contributed by atoms with van der Waals surface area (Å²) in [6, 6.07) is 61.9. The van der Waals surface area contributed by atoms with Crippen LogP contribution in [0.5, 0.6) is 0 Å². The van der Waals surface area contributed by atoms with Crippen LogP contribution in [0.2, 0.25) is 0 Å². The van der Waals surface area contributed by atoms with Crippen LogP contribution in [0.1, 0.15) is 47.4 Å². The highest BCUT2D eigenvalue weighted by Gasteiger charge is 2.36. The van der Waals surface area contributed by atoms with E-state index in [1.54, 1.807) is 0 Å². The molecule has 0 unspecified atom stereocenters. The summed E-state index contributed by atoms with van der Waals surface area (Å²) in [5.41, 5.74) is 16.3. The molecule has 0 radical (unpaired) electrons. The van der Waals surface area contributed by atoms with E-state index in [1.807, 2.05) is 0 Å². The van der Waals surface area contributed by atoms with Crippen molar-refractivity contribution in [1.82, 2.24) is 4.57 Å². The molecule has 8 aromatic carbocycles. The highest BCUT2D eigenvalue weighted by molar-refractivity contribution is 6.19. The number of aromatic nitrogens is 1. The van der Waals surface area contributed by atoms with Gasteiger partial charge in [-0.05, 0) is 112 Å². The smallest absolute Gasteiger partial charge is 0.0618 e. The van der Waals surface area contributed by atoms with E-state index in [0.29, 0.717) is 0 Å². The molecule has 2 heteroatoms. The summed E-state index contributed by atoms with van der Waals surface area (Å²) in [6.07, 6.45) is 4.65. The van der Waals surface area contributed by atoms with Crippen molar-refractivity contribution in [3.63, 3.8) is 0 Å². The number of aryl methyl sites for hydroxylation is 1. The molecular formula is C53H42N2. The Labute approximate surface area is 323 Å². The number of para-hydroxylation sites is 3. The number of nitrogens with zero attached hydrogens (tertiary/aromatic N) is 2. The maximum absolute atomic E-state index is 2.46. The van der Waals surface area contributed by atoms with Crippen molar-refractivity contribution < 1.29 is 0 Å². The average molecular weight is 707 g/mol. The first-order valence-electron chi connectivity index (χ1n) is 19.3. The molecule has 55 heavy (non-hydrogen) atoms. The number of anilines is 3. The molecule has 264 valence electrons. The summed E-state index contributed by atoms with van der Waals surface area (Å²) < 4.78 is 2.43. The summed E-state index contributed by atoms with van der Waals surface area (Å²) in [4.78, 5) is 2.41. The molecule has 0 aliphatic heterocycles. The Morgan fingerprint density at radius 3 is 1.62 bits per heavy atom. The largest absolute Gasteiger partial charge is 0.314 e. The Hall–Kier alpha value is -6.64. The molecule has 0 N–H and O–H groups in total. The minimum atomic E-state index is -0.143. The van der Waals surface area contributed by atoms with E-state index >= 15 is 0 Å². The normalized spacial score (nSPS) is 13.2. The second-order valence-corrected chi connectivity index (χ2v) is 15.4. The quantitative estimate of drug-likeness (QED) is 0.123. The molecule has 0 fully saturated rings. The minimum Gasteiger partial charge on any atom is -0.314 e. The zero-order valence-electron chi connectivity index (χ0n) is 31.7. The molecule has 0 saturated heterocycles. The molecule has 2 nitrogen and oxygen atoms in total. The summed E-state index contributed by atoms with van der Waals surface area (Å²) >= 11 is 0. The molecule has 0 bridgehead atoms. The highest BCUT2D eigenvalue weighted by atomic mass is 15.1. The van der Waals surface area contributed by atoms with E-state index in [1.165, 1.54) is 88.5 Å². The third-order valence-electron chi connectivity index (χ3n) is 12.0. The monoisotopic (exact) mass is 706 g/mol. The molecule has 0 atom stereocenters. The van der Waals surface area contributed by atoms with Gasteiger partial charge in [-0.25, -0.2) is 0 Å². The van der Waals surface area contributed by atoms with Gasteiger partial charge < -0.3 is 9.47 Å². The molecule has 0 saturated carbocycles. The van der Waals surface area contributed by atoms with Gasteiger partial charge in [0.25, 0.3) is 0 Å². The Bertz CT molecular complexity index is 2850. The van der Waals surface area contributed by atoms with Gasteiger partial charge in [-0.3, -0.25) is 0 Å². The first kappa shape index (κ1) is 33.0. The van der Waals surface area contributed by atoms with Crippen molar-refractivity contribution in [2.75, 3.05) is 4.90 Å². The fourth-order valence-corrected chi connectivity index (χ4v) is 9.13. The van der Waals surface area contributed by atoms with Gasteiger partial charge in [0, 0.05) is 44.3 Å². The maximum atomic E-state index is 2.46. The molecule has 1 aliphatic carbocycles. The van der Waals surface area contributed by atoms with Gasteiger partial charge in [-0.1, -0.05) is 147 Å². The second-order valence-electron chi connectivity index (χ2n) is 15.4. The van der Waals surface area contributed by atoms with E-state index in [9.17, 15) is 0 Å². The van der Waals surface area contributed by atoms with Crippen LogP contribution in [0.15, 0.2) is 170 Å². The van der Waals surface area contributed by atoms with Crippen molar-refractivity contribution in [1.29, 1.82) is 0 Å². The summed E-state index contributed by atoms with van der Waals surface area (Å²) in [5, 5.41) is 6.23. The van der Waals surface area contributed by atoms with E-state index in [0.717, 1.165) is 11.4 Å². The lowest BCUT2D eigenvalue weighted by Crippen LogP contribution is -2.15.